The van der Waals surface area contributed by atoms with E-state index in [1.54, 1.807) is 0 Å². The van der Waals surface area contributed by atoms with Crippen molar-refractivity contribution in [1.29, 1.82) is 0 Å². The predicted molar refractivity (Wildman–Crippen MR) is 93.8 cm³/mol. The third-order valence-electron chi connectivity index (χ3n) is 7.97. The molecule has 9 atom stereocenters. The Bertz CT molecular complexity index is 445. The maximum absolute atomic E-state index is 10.4. The van der Waals surface area contributed by atoms with E-state index in [0.29, 0.717) is 17.9 Å². The van der Waals surface area contributed by atoms with Gasteiger partial charge in [-0.05, 0) is 74.7 Å². The number of fused-ring (bicyclic) bond motifs is 4. The first-order chi connectivity index (χ1) is 11.6. The normalized spacial score (nSPS) is 52.2. The zero-order chi connectivity index (χ0) is 16.8. The minimum absolute atomic E-state index is 0.0834. The fourth-order valence-electron chi connectivity index (χ4n) is 6.54. The van der Waals surface area contributed by atoms with E-state index in [2.05, 4.69) is 11.8 Å². The Balaban J connectivity index is 1.48. The van der Waals surface area contributed by atoms with Gasteiger partial charge >= 0.3 is 0 Å². The minimum atomic E-state index is -0.0834. The molecule has 0 aromatic carbocycles. The van der Waals surface area contributed by atoms with Crippen LogP contribution in [0.1, 0.15) is 45.4 Å². The van der Waals surface area contributed by atoms with Crippen LogP contribution in [0.3, 0.4) is 0 Å². The number of rotatable bonds is 2. The number of ether oxygens (including phenoxy) is 2. The van der Waals surface area contributed by atoms with Gasteiger partial charge in [0.25, 0.3) is 0 Å². The van der Waals surface area contributed by atoms with Crippen LogP contribution in [0.25, 0.3) is 0 Å². The quantitative estimate of drug-likeness (QED) is 0.841. The molecule has 0 radical (unpaired) electrons. The molecule has 4 aliphatic rings. The van der Waals surface area contributed by atoms with Crippen molar-refractivity contribution in [3.8, 4) is 0 Å². The van der Waals surface area contributed by atoms with Gasteiger partial charge in [-0.15, -0.1) is 0 Å². The summed E-state index contributed by atoms with van der Waals surface area (Å²) in [4.78, 5) is 2.77. The Morgan fingerprint density at radius 1 is 0.875 bits per heavy atom. The van der Waals surface area contributed by atoms with Crippen LogP contribution in [0, 0.1) is 29.6 Å². The van der Waals surface area contributed by atoms with Crippen molar-refractivity contribution in [3.63, 3.8) is 0 Å². The highest BCUT2D eigenvalue weighted by Gasteiger charge is 2.49. The third-order valence-corrected chi connectivity index (χ3v) is 7.97. The lowest BCUT2D eigenvalue weighted by Gasteiger charge is -2.56. The van der Waals surface area contributed by atoms with Gasteiger partial charge in [0.1, 0.15) is 0 Å². The minimum Gasteiger partial charge on any atom is -0.393 e. The van der Waals surface area contributed by atoms with Crippen LogP contribution in [-0.2, 0) is 9.47 Å². The maximum Gasteiger partial charge on any atom is 0.0836 e. The van der Waals surface area contributed by atoms with E-state index in [1.807, 2.05) is 14.2 Å². The van der Waals surface area contributed by atoms with E-state index >= 15 is 0 Å². The van der Waals surface area contributed by atoms with Gasteiger partial charge in [-0.2, -0.15) is 0 Å². The van der Waals surface area contributed by atoms with Crippen LogP contribution in [-0.4, -0.2) is 61.7 Å². The molecule has 0 spiro atoms. The fourth-order valence-corrected chi connectivity index (χ4v) is 6.54. The van der Waals surface area contributed by atoms with E-state index in [4.69, 9.17) is 9.47 Å². The largest absolute Gasteiger partial charge is 0.393 e. The van der Waals surface area contributed by atoms with Crippen LogP contribution < -0.4 is 0 Å². The maximum atomic E-state index is 10.4. The zero-order valence-electron chi connectivity index (χ0n) is 15.6. The van der Waals surface area contributed by atoms with Crippen LogP contribution in [0.5, 0.6) is 0 Å². The van der Waals surface area contributed by atoms with E-state index in [1.165, 1.54) is 32.4 Å². The molecule has 0 bridgehead atoms. The number of aliphatic hydroxyl groups excluding tert-OH is 1. The highest BCUT2D eigenvalue weighted by Crippen LogP contribution is 2.49. The summed E-state index contributed by atoms with van der Waals surface area (Å²) in [5.74, 6) is 3.59. The lowest BCUT2D eigenvalue weighted by Crippen LogP contribution is -2.60. The van der Waals surface area contributed by atoms with Crippen LogP contribution >= 0.6 is 0 Å². The van der Waals surface area contributed by atoms with Gasteiger partial charge in [-0.3, -0.25) is 4.90 Å². The Morgan fingerprint density at radius 3 is 2.29 bits per heavy atom. The average molecular weight is 338 g/mol. The first-order valence-corrected chi connectivity index (χ1v) is 10.1. The third kappa shape index (κ3) is 2.94. The van der Waals surface area contributed by atoms with Crippen LogP contribution in [0.4, 0.5) is 0 Å². The summed E-state index contributed by atoms with van der Waals surface area (Å²) in [6, 6.07) is 0.698. The summed E-state index contributed by atoms with van der Waals surface area (Å²) in [7, 11) is 3.67. The second kappa shape index (κ2) is 6.86. The zero-order valence-corrected chi connectivity index (χ0v) is 15.6. The van der Waals surface area contributed by atoms with Gasteiger partial charge in [0.15, 0.2) is 0 Å². The molecule has 0 aromatic rings. The van der Waals surface area contributed by atoms with Crippen molar-refractivity contribution in [3.05, 3.63) is 0 Å². The molecule has 2 aliphatic heterocycles. The standard InChI is InChI=1S/C20H35NO3/c1-12-6-13-4-5-21-11-15-9-20(24-3)19(23-2)8-14(15)7-17(21)16(13)10-18(12)22/h12-20,22H,4-11H2,1-3H3. The Labute approximate surface area is 146 Å². The Kier molecular flexibility index (Phi) is 4.94. The SMILES string of the molecule is COC1CC2CC3C4CC(O)C(C)CC4CCN3CC2CC1OC. The molecule has 4 heteroatoms. The van der Waals surface area contributed by atoms with Crippen molar-refractivity contribution in [2.24, 2.45) is 29.6 Å². The summed E-state index contributed by atoms with van der Waals surface area (Å²) in [6.07, 6.45) is 7.65. The van der Waals surface area contributed by atoms with Gasteiger partial charge in [0, 0.05) is 26.8 Å². The van der Waals surface area contributed by atoms with Gasteiger partial charge in [-0.1, -0.05) is 6.92 Å². The molecule has 2 saturated heterocycles. The highest BCUT2D eigenvalue weighted by molar-refractivity contribution is 5.02. The topological polar surface area (TPSA) is 41.9 Å². The molecule has 24 heavy (non-hydrogen) atoms. The molecular formula is C20H35NO3. The van der Waals surface area contributed by atoms with Gasteiger partial charge < -0.3 is 14.6 Å². The van der Waals surface area contributed by atoms with Crippen molar-refractivity contribution >= 4 is 0 Å². The molecule has 4 nitrogen and oxygen atoms in total. The second-order valence-corrected chi connectivity index (χ2v) is 9.07. The molecule has 2 aliphatic carbocycles. The van der Waals surface area contributed by atoms with Crippen molar-refractivity contribution in [1.82, 2.24) is 4.90 Å². The van der Waals surface area contributed by atoms with E-state index in [9.17, 15) is 5.11 Å². The van der Waals surface area contributed by atoms with Crippen LogP contribution in [0.2, 0.25) is 0 Å². The summed E-state index contributed by atoms with van der Waals surface area (Å²) in [5, 5.41) is 10.4. The number of aliphatic hydroxyl groups is 1. The summed E-state index contributed by atoms with van der Waals surface area (Å²) in [5.41, 5.74) is 0. The van der Waals surface area contributed by atoms with Crippen molar-refractivity contribution < 1.29 is 14.6 Å². The summed E-state index contributed by atoms with van der Waals surface area (Å²) >= 11 is 0. The van der Waals surface area contributed by atoms with Gasteiger partial charge in [0.05, 0.1) is 18.3 Å². The van der Waals surface area contributed by atoms with E-state index in [-0.39, 0.29) is 18.3 Å². The van der Waals surface area contributed by atoms with Gasteiger partial charge in [0.2, 0.25) is 0 Å². The molecule has 1 N–H and O–H groups in total. The summed E-state index contributed by atoms with van der Waals surface area (Å²) in [6.45, 7) is 4.74. The molecule has 2 saturated carbocycles. The molecule has 0 amide bonds. The first-order valence-electron chi connectivity index (χ1n) is 10.1. The molecule has 4 fully saturated rings. The lowest BCUT2D eigenvalue weighted by molar-refractivity contribution is -0.128. The van der Waals surface area contributed by atoms with Crippen LogP contribution in [0.15, 0.2) is 0 Å². The van der Waals surface area contributed by atoms with Gasteiger partial charge in [-0.25, -0.2) is 0 Å². The fraction of sp³-hybridized carbons (Fsp3) is 1.00. The smallest absolute Gasteiger partial charge is 0.0836 e. The number of piperidine rings is 2. The Hall–Kier alpha value is -0.160. The number of nitrogens with zero attached hydrogens (tertiary/aromatic N) is 1. The number of hydrogen-bond donors (Lipinski definition) is 1. The van der Waals surface area contributed by atoms with E-state index < -0.39 is 0 Å². The monoisotopic (exact) mass is 337 g/mol. The number of methoxy groups -OCH3 is 2. The van der Waals surface area contributed by atoms with E-state index in [0.717, 1.165) is 37.0 Å². The number of hydrogen-bond acceptors (Lipinski definition) is 4. The second-order valence-electron chi connectivity index (χ2n) is 9.07. The molecule has 2 heterocycles. The molecule has 4 rings (SSSR count). The lowest BCUT2D eigenvalue weighted by atomic mass is 9.61. The first kappa shape index (κ1) is 17.3. The molecule has 9 unspecified atom stereocenters. The average Bonchev–Trinajstić information content (AvgIpc) is 2.60. The molecular weight excluding hydrogens is 302 g/mol. The van der Waals surface area contributed by atoms with Crippen molar-refractivity contribution in [2.75, 3.05) is 27.3 Å². The van der Waals surface area contributed by atoms with Crippen molar-refractivity contribution in [2.45, 2.75) is 69.8 Å². The molecule has 138 valence electrons. The predicted octanol–water partition coefficient (Wildman–Crippen LogP) is 2.54. The Morgan fingerprint density at radius 2 is 1.58 bits per heavy atom. The highest BCUT2D eigenvalue weighted by atomic mass is 16.5. The summed E-state index contributed by atoms with van der Waals surface area (Å²) < 4.78 is 11.5. The molecule has 0 aromatic heterocycles.